The number of para-hydroxylation sites is 2. The number of halogens is 2. The number of rotatable bonds is 7. The number of carbonyl (C=O) groups is 2. The maximum atomic E-state index is 13.9. The molecule has 2 amide bonds. The Morgan fingerprint density at radius 3 is 2.52 bits per heavy atom. The van der Waals surface area contributed by atoms with Gasteiger partial charge in [-0.25, -0.2) is 9.18 Å². The van der Waals surface area contributed by atoms with Gasteiger partial charge in [0.05, 0.1) is 11.4 Å². The first-order valence-electron chi connectivity index (χ1n) is 9.85. The zero-order valence-corrected chi connectivity index (χ0v) is 18.9. The second-order valence-corrected chi connectivity index (χ2v) is 7.87. The maximum Gasteiger partial charge on any atom is 0.412 e. The van der Waals surface area contributed by atoms with Crippen molar-refractivity contribution < 1.29 is 23.8 Å². The van der Waals surface area contributed by atoms with Crippen LogP contribution in [-0.4, -0.2) is 17.1 Å². The highest BCUT2D eigenvalue weighted by Crippen LogP contribution is 2.27. The van der Waals surface area contributed by atoms with Gasteiger partial charge >= 0.3 is 6.09 Å². The van der Waals surface area contributed by atoms with Crippen molar-refractivity contribution in [3.63, 3.8) is 0 Å². The largest absolute Gasteiger partial charge is 0.505 e. The van der Waals surface area contributed by atoms with E-state index >= 15 is 0 Å². The Bertz CT molecular complexity index is 1170. The first-order chi connectivity index (χ1) is 15.8. The Labute approximate surface area is 198 Å². The summed E-state index contributed by atoms with van der Waals surface area (Å²) in [5.41, 5.74) is 7.52. The third-order valence-electron chi connectivity index (χ3n) is 4.52. The number of phenolic OH excluding ortho intramolecular Hbond substituents is 1. The third kappa shape index (κ3) is 7.08. The molecule has 0 aliphatic heterocycles. The van der Waals surface area contributed by atoms with Gasteiger partial charge in [0.2, 0.25) is 5.91 Å². The van der Waals surface area contributed by atoms with Crippen LogP contribution in [0, 0.1) is 5.82 Å². The minimum absolute atomic E-state index is 0.0790. The average molecular weight is 514 g/mol. The Balaban J connectivity index is 1.69. The fraction of sp³-hybridized carbons (Fsp3) is 0.0833. The van der Waals surface area contributed by atoms with E-state index in [1.807, 2.05) is 0 Å². The lowest BCUT2D eigenvalue weighted by Gasteiger charge is -2.18. The first-order valence-corrected chi connectivity index (χ1v) is 10.6. The van der Waals surface area contributed by atoms with E-state index in [1.165, 1.54) is 24.3 Å². The molecule has 0 aliphatic carbocycles. The van der Waals surface area contributed by atoms with E-state index in [4.69, 9.17) is 10.5 Å². The minimum atomic E-state index is -0.915. The molecule has 33 heavy (non-hydrogen) atoms. The van der Waals surface area contributed by atoms with Crippen LogP contribution in [0.3, 0.4) is 0 Å². The maximum absolute atomic E-state index is 13.9. The van der Waals surface area contributed by atoms with E-state index in [9.17, 15) is 19.1 Å². The zero-order valence-electron chi connectivity index (χ0n) is 17.3. The summed E-state index contributed by atoms with van der Waals surface area (Å²) in [6.45, 7) is 0. The van der Waals surface area contributed by atoms with Crippen molar-refractivity contribution in [3.05, 3.63) is 94.7 Å². The molecule has 0 spiro atoms. The lowest BCUT2D eigenvalue weighted by atomic mass is 10.1. The third-order valence-corrected chi connectivity index (χ3v) is 5.05. The predicted molar refractivity (Wildman–Crippen MR) is 128 cm³/mol. The Hall–Kier alpha value is -3.85. The summed E-state index contributed by atoms with van der Waals surface area (Å²) in [6.07, 6.45) is 1.17. The van der Waals surface area contributed by atoms with Gasteiger partial charge in [0.25, 0.3) is 0 Å². The molecule has 0 saturated carbocycles. The molecule has 0 heterocycles. The van der Waals surface area contributed by atoms with Crippen molar-refractivity contribution in [1.29, 1.82) is 0 Å². The second kappa shape index (κ2) is 11.1. The topological polar surface area (TPSA) is 114 Å². The number of aromatic hydroxyl groups is 1. The van der Waals surface area contributed by atoms with Crippen LogP contribution in [0.25, 0.3) is 0 Å². The Morgan fingerprint density at radius 2 is 1.82 bits per heavy atom. The lowest BCUT2D eigenvalue weighted by Crippen LogP contribution is -2.17. The van der Waals surface area contributed by atoms with Crippen LogP contribution in [0.5, 0.6) is 5.75 Å². The van der Waals surface area contributed by atoms with E-state index < -0.39 is 29.7 Å². The molecule has 3 rings (SSSR count). The molecule has 0 fully saturated rings. The van der Waals surface area contributed by atoms with E-state index in [0.29, 0.717) is 22.6 Å². The molecule has 1 atom stereocenters. The highest BCUT2D eigenvalue weighted by molar-refractivity contribution is 9.10. The molecular formula is C24H21BrFN3O4. The number of amides is 2. The van der Waals surface area contributed by atoms with Gasteiger partial charge in [-0.3, -0.25) is 10.1 Å². The molecule has 0 unspecified atom stereocenters. The van der Waals surface area contributed by atoms with E-state index in [0.717, 1.165) is 10.5 Å². The van der Waals surface area contributed by atoms with Gasteiger partial charge in [0.15, 0.2) is 11.6 Å². The van der Waals surface area contributed by atoms with Crippen LogP contribution in [0.1, 0.15) is 18.1 Å². The summed E-state index contributed by atoms with van der Waals surface area (Å²) in [4.78, 5) is 24.6. The average Bonchev–Trinajstić information content (AvgIpc) is 2.78. The summed E-state index contributed by atoms with van der Waals surface area (Å²) in [7, 11) is 0. The smallest absolute Gasteiger partial charge is 0.412 e. The van der Waals surface area contributed by atoms with Gasteiger partial charge in [-0.15, -0.1) is 0 Å². The number of hydrogen-bond acceptors (Lipinski definition) is 5. The highest BCUT2D eigenvalue weighted by atomic mass is 79.9. The monoisotopic (exact) mass is 513 g/mol. The highest BCUT2D eigenvalue weighted by Gasteiger charge is 2.18. The number of nitrogens with one attached hydrogen (secondary N) is 2. The van der Waals surface area contributed by atoms with Crippen LogP contribution in [0.2, 0.25) is 0 Å². The number of carbonyl (C=O) groups excluding carboxylic acids is 2. The molecular weight excluding hydrogens is 493 g/mol. The Morgan fingerprint density at radius 1 is 1.09 bits per heavy atom. The lowest BCUT2D eigenvalue weighted by molar-refractivity contribution is -0.111. The van der Waals surface area contributed by atoms with Crippen LogP contribution < -0.4 is 16.4 Å². The van der Waals surface area contributed by atoms with Gasteiger partial charge in [0, 0.05) is 16.6 Å². The molecule has 0 saturated heterocycles. The molecule has 3 aromatic carbocycles. The molecule has 0 radical (unpaired) electrons. The summed E-state index contributed by atoms with van der Waals surface area (Å²) in [5.74, 6) is -1.80. The summed E-state index contributed by atoms with van der Waals surface area (Å²) >= 11 is 3.31. The van der Waals surface area contributed by atoms with Crippen LogP contribution in [0.4, 0.5) is 26.2 Å². The van der Waals surface area contributed by atoms with Gasteiger partial charge < -0.3 is 20.9 Å². The molecule has 0 bridgehead atoms. The first kappa shape index (κ1) is 23.8. The van der Waals surface area contributed by atoms with Crippen molar-refractivity contribution in [2.75, 3.05) is 16.4 Å². The van der Waals surface area contributed by atoms with Crippen molar-refractivity contribution >= 4 is 45.0 Å². The van der Waals surface area contributed by atoms with Crippen molar-refractivity contribution in [2.45, 2.75) is 12.5 Å². The van der Waals surface area contributed by atoms with Gasteiger partial charge in [0.1, 0.15) is 6.10 Å². The van der Waals surface area contributed by atoms with Gasteiger partial charge in [-0.1, -0.05) is 40.2 Å². The fourth-order valence-corrected chi connectivity index (χ4v) is 3.13. The number of nitrogens with two attached hydrogens (primary N) is 1. The summed E-state index contributed by atoms with van der Waals surface area (Å²) in [5, 5.41) is 14.7. The van der Waals surface area contributed by atoms with Crippen LogP contribution >= 0.6 is 15.9 Å². The van der Waals surface area contributed by atoms with Crippen LogP contribution in [-0.2, 0) is 9.53 Å². The number of phenols is 1. The predicted octanol–water partition coefficient (Wildman–Crippen LogP) is 5.75. The minimum Gasteiger partial charge on any atom is -0.505 e. The number of hydrogen-bond donors (Lipinski definition) is 4. The summed E-state index contributed by atoms with van der Waals surface area (Å²) in [6, 6.07) is 17.4. The molecule has 5 N–H and O–H groups in total. The molecule has 3 aromatic rings. The number of anilines is 3. The Kier molecular flexibility index (Phi) is 8.04. The van der Waals surface area contributed by atoms with E-state index in [2.05, 4.69) is 26.6 Å². The van der Waals surface area contributed by atoms with Gasteiger partial charge in [-0.2, -0.15) is 0 Å². The SMILES string of the molecule is Nc1ccccc1NC(=O)/C=C/C[C@H](OC(=O)Nc1ccc(Br)cc1)c1ccc(O)c(F)c1. The van der Waals surface area contributed by atoms with Crippen molar-refractivity contribution in [3.8, 4) is 5.75 Å². The standard InChI is InChI=1S/C24H21BrFN3O4/c25-16-9-11-17(12-10-16)28-24(32)33-22(15-8-13-21(30)18(26)14-15)6-3-7-23(31)29-20-5-2-1-4-19(20)27/h1-5,7-14,22,30H,6,27H2,(H,28,32)(H,29,31)/b7-3+/t22-/m0/s1. The number of benzene rings is 3. The fourth-order valence-electron chi connectivity index (χ4n) is 2.87. The summed E-state index contributed by atoms with van der Waals surface area (Å²) < 4.78 is 20.2. The van der Waals surface area contributed by atoms with Gasteiger partial charge in [-0.05, 0) is 60.2 Å². The molecule has 170 valence electrons. The number of nitrogen functional groups attached to an aromatic ring is 1. The molecule has 0 aliphatic rings. The van der Waals surface area contributed by atoms with Crippen molar-refractivity contribution in [2.24, 2.45) is 0 Å². The number of ether oxygens (including phenoxy) is 1. The molecule has 9 heteroatoms. The zero-order chi connectivity index (χ0) is 23.8. The van der Waals surface area contributed by atoms with Crippen LogP contribution in [0.15, 0.2) is 83.4 Å². The second-order valence-electron chi connectivity index (χ2n) is 6.95. The molecule has 7 nitrogen and oxygen atoms in total. The quantitative estimate of drug-likeness (QED) is 0.237. The van der Waals surface area contributed by atoms with E-state index in [-0.39, 0.29) is 6.42 Å². The molecule has 0 aromatic heterocycles. The normalized spacial score (nSPS) is 11.7. The van der Waals surface area contributed by atoms with Crippen molar-refractivity contribution in [1.82, 2.24) is 0 Å². The van der Waals surface area contributed by atoms with E-state index in [1.54, 1.807) is 48.5 Å².